The molecule has 7 nitrogen and oxygen atoms in total. The van der Waals surface area contributed by atoms with Crippen LogP contribution in [0.1, 0.15) is 23.2 Å². The van der Waals surface area contributed by atoms with Crippen molar-refractivity contribution in [3.63, 3.8) is 0 Å². The zero-order chi connectivity index (χ0) is 23.4. The van der Waals surface area contributed by atoms with Crippen LogP contribution in [-0.2, 0) is 10.0 Å². The van der Waals surface area contributed by atoms with E-state index >= 15 is 0 Å². The Morgan fingerprint density at radius 1 is 0.970 bits per heavy atom. The van der Waals surface area contributed by atoms with Crippen LogP contribution in [0.5, 0.6) is 17.2 Å². The van der Waals surface area contributed by atoms with Crippen molar-refractivity contribution in [2.45, 2.75) is 17.7 Å². The number of benzene rings is 3. The van der Waals surface area contributed by atoms with Crippen LogP contribution < -0.4 is 14.8 Å². The molecule has 0 atom stereocenters. The van der Waals surface area contributed by atoms with Crippen LogP contribution in [0.3, 0.4) is 0 Å². The van der Waals surface area contributed by atoms with E-state index in [0.29, 0.717) is 36.0 Å². The molecule has 9 heteroatoms. The molecule has 0 aliphatic carbocycles. The highest BCUT2D eigenvalue weighted by Crippen LogP contribution is 2.31. The number of rotatable bonds is 7. The van der Waals surface area contributed by atoms with E-state index in [1.165, 1.54) is 10.4 Å². The first kappa shape index (κ1) is 22.8. The normalized spacial score (nSPS) is 14.1. The van der Waals surface area contributed by atoms with Crippen molar-refractivity contribution in [2.75, 3.05) is 25.5 Å². The molecular formula is C24H23FN2O5S. The molecule has 0 spiro atoms. The van der Waals surface area contributed by atoms with Gasteiger partial charge in [0.25, 0.3) is 5.91 Å². The number of hydrogen-bond donors (Lipinski definition) is 1. The summed E-state index contributed by atoms with van der Waals surface area (Å²) in [5.41, 5.74) is 0.518. The number of carbonyl (C=O) groups excluding carboxylic acids is 1. The number of carbonyl (C=O) groups is 1. The average Bonchev–Trinajstić information content (AvgIpc) is 3.37. The fraction of sp³-hybridized carbons (Fsp3) is 0.208. The lowest BCUT2D eigenvalue weighted by atomic mass is 10.2. The standard InChI is InChI=1S/C24H23FN2O5S/c1-31-21-6-2-3-7-22(21)32-19-11-9-18(10-12-19)26-24(28)17-8-13-20(25)23(16-17)33(29,30)27-14-4-5-15-27/h2-3,6-13,16H,4-5,14-15H2,1H3,(H,26,28). The fourth-order valence-corrected chi connectivity index (χ4v) is 5.16. The summed E-state index contributed by atoms with van der Waals surface area (Å²) < 4.78 is 52.1. The summed E-state index contributed by atoms with van der Waals surface area (Å²) in [6, 6.07) is 17.2. The van der Waals surface area contributed by atoms with Gasteiger partial charge in [-0.2, -0.15) is 4.31 Å². The second-order valence-electron chi connectivity index (χ2n) is 7.49. The lowest BCUT2D eigenvalue weighted by Crippen LogP contribution is -2.29. The van der Waals surface area contributed by atoms with E-state index in [1.54, 1.807) is 43.5 Å². The molecule has 1 N–H and O–H groups in total. The lowest BCUT2D eigenvalue weighted by Gasteiger charge is -2.16. The van der Waals surface area contributed by atoms with E-state index in [9.17, 15) is 17.6 Å². The van der Waals surface area contributed by atoms with Crippen LogP contribution in [0, 0.1) is 5.82 Å². The number of halogens is 1. The Hall–Kier alpha value is -3.43. The number of amides is 1. The third-order valence-electron chi connectivity index (χ3n) is 5.29. The van der Waals surface area contributed by atoms with Crippen molar-refractivity contribution in [3.8, 4) is 17.2 Å². The van der Waals surface area contributed by atoms with Gasteiger partial charge < -0.3 is 14.8 Å². The molecule has 1 heterocycles. The number of hydrogen-bond acceptors (Lipinski definition) is 5. The van der Waals surface area contributed by atoms with Crippen molar-refractivity contribution in [1.29, 1.82) is 0 Å². The molecule has 4 rings (SSSR count). The minimum Gasteiger partial charge on any atom is -0.493 e. The van der Waals surface area contributed by atoms with Gasteiger partial charge in [0.2, 0.25) is 10.0 Å². The van der Waals surface area contributed by atoms with Gasteiger partial charge in [0.15, 0.2) is 11.5 Å². The summed E-state index contributed by atoms with van der Waals surface area (Å²) >= 11 is 0. The van der Waals surface area contributed by atoms with Crippen LogP contribution in [0.15, 0.2) is 71.6 Å². The number of para-hydroxylation sites is 2. The monoisotopic (exact) mass is 470 g/mol. The molecule has 1 saturated heterocycles. The maximum Gasteiger partial charge on any atom is 0.255 e. The SMILES string of the molecule is COc1ccccc1Oc1ccc(NC(=O)c2ccc(F)c(S(=O)(=O)N3CCCC3)c2)cc1. The van der Waals surface area contributed by atoms with Gasteiger partial charge in [0, 0.05) is 24.3 Å². The minimum atomic E-state index is -3.99. The summed E-state index contributed by atoms with van der Waals surface area (Å²) in [6.07, 6.45) is 1.47. The first-order valence-electron chi connectivity index (χ1n) is 10.4. The minimum absolute atomic E-state index is 0.0449. The van der Waals surface area contributed by atoms with Gasteiger partial charge in [-0.1, -0.05) is 12.1 Å². The molecule has 1 aliphatic heterocycles. The zero-order valence-corrected chi connectivity index (χ0v) is 18.8. The van der Waals surface area contributed by atoms with Gasteiger partial charge in [-0.25, -0.2) is 12.8 Å². The maximum atomic E-state index is 14.3. The number of nitrogens with one attached hydrogen (secondary N) is 1. The van der Waals surface area contributed by atoms with Crippen molar-refractivity contribution in [1.82, 2.24) is 4.31 Å². The van der Waals surface area contributed by atoms with E-state index in [4.69, 9.17) is 9.47 Å². The Kier molecular flexibility index (Phi) is 6.62. The maximum absolute atomic E-state index is 14.3. The van der Waals surface area contributed by atoms with Crippen molar-refractivity contribution >= 4 is 21.6 Å². The second kappa shape index (κ2) is 9.60. The summed E-state index contributed by atoms with van der Waals surface area (Å²) in [4.78, 5) is 12.2. The molecule has 0 bridgehead atoms. The quantitative estimate of drug-likeness (QED) is 0.543. The molecule has 33 heavy (non-hydrogen) atoms. The predicted molar refractivity (Wildman–Crippen MR) is 122 cm³/mol. The van der Waals surface area contributed by atoms with Gasteiger partial charge in [0.1, 0.15) is 16.5 Å². The Balaban J connectivity index is 1.48. The molecule has 3 aromatic rings. The van der Waals surface area contributed by atoms with E-state index in [0.717, 1.165) is 25.0 Å². The van der Waals surface area contributed by atoms with E-state index in [-0.39, 0.29) is 5.56 Å². The van der Waals surface area contributed by atoms with Crippen LogP contribution in [-0.4, -0.2) is 38.8 Å². The van der Waals surface area contributed by atoms with Gasteiger partial charge in [-0.05, 0) is 67.4 Å². The average molecular weight is 471 g/mol. The van der Waals surface area contributed by atoms with E-state index in [2.05, 4.69) is 5.32 Å². The Morgan fingerprint density at radius 3 is 2.30 bits per heavy atom. The number of ether oxygens (including phenoxy) is 2. The van der Waals surface area contributed by atoms with Gasteiger partial charge in [0.05, 0.1) is 7.11 Å². The summed E-state index contributed by atoms with van der Waals surface area (Å²) in [6.45, 7) is 0.697. The highest BCUT2D eigenvalue weighted by atomic mass is 32.2. The summed E-state index contributed by atoms with van der Waals surface area (Å²) in [7, 11) is -2.43. The third-order valence-corrected chi connectivity index (χ3v) is 7.20. The lowest BCUT2D eigenvalue weighted by molar-refractivity contribution is 0.102. The van der Waals surface area contributed by atoms with Crippen LogP contribution >= 0.6 is 0 Å². The zero-order valence-electron chi connectivity index (χ0n) is 18.0. The highest BCUT2D eigenvalue weighted by Gasteiger charge is 2.30. The molecule has 0 radical (unpaired) electrons. The van der Waals surface area contributed by atoms with Gasteiger partial charge >= 0.3 is 0 Å². The molecule has 172 valence electrons. The van der Waals surface area contributed by atoms with Crippen LogP contribution in [0.4, 0.5) is 10.1 Å². The number of methoxy groups -OCH3 is 1. The third kappa shape index (κ3) is 4.99. The van der Waals surface area contributed by atoms with E-state index < -0.39 is 26.6 Å². The van der Waals surface area contributed by atoms with Crippen LogP contribution in [0.25, 0.3) is 0 Å². The van der Waals surface area contributed by atoms with Gasteiger partial charge in [-0.15, -0.1) is 0 Å². The molecule has 0 unspecified atom stereocenters. The number of nitrogens with zero attached hydrogens (tertiary/aromatic N) is 1. The van der Waals surface area contributed by atoms with E-state index in [1.807, 2.05) is 12.1 Å². The number of sulfonamides is 1. The molecule has 1 fully saturated rings. The fourth-order valence-electron chi connectivity index (χ4n) is 3.55. The first-order valence-corrected chi connectivity index (χ1v) is 11.8. The van der Waals surface area contributed by atoms with Crippen molar-refractivity contribution in [3.05, 3.63) is 78.1 Å². The van der Waals surface area contributed by atoms with Crippen LogP contribution in [0.2, 0.25) is 0 Å². The molecular weight excluding hydrogens is 447 g/mol. The molecule has 0 saturated carbocycles. The largest absolute Gasteiger partial charge is 0.493 e. The molecule has 0 aromatic heterocycles. The summed E-state index contributed by atoms with van der Waals surface area (Å²) in [5, 5.41) is 2.69. The molecule has 3 aromatic carbocycles. The molecule has 1 amide bonds. The first-order chi connectivity index (χ1) is 15.9. The van der Waals surface area contributed by atoms with Crippen molar-refractivity contribution in [2.24, 2.45) is 0 Å². The number of anilines is 1. The van der Waals surface area contributed by atoms with Crippen molar-refractivity contribution < 1.29 is 27.1 Å². The highest BCUT2D eigenvalue weighted by molar-refractivity contribution is 7.89. The predicted octanol–water partition coefficient (Wildman–Crippen LogP) is 4.66. The summed E-state index contributed by atoms with van der Waals surface area (Å²) in [5.74, 6) is 0.251. The Morgan fingerprint density at radius 2 is 1.64 bits per heavy atom. The van der Waals surface area contributed by atoms with Gasteiger partial charge in [-0.3, -0.25) is 4.79 Å². The Labute approximate surface area is 191 Å². The molecule has 1 aliphatic rings. The Bertz CT molecular complexity index is 1260. The smallest absolute Gasteiger partial charge is 0.255 e. The topological polar surface area (TPSA) is 84.9 Å². The second-order valence-corrected chi connectivity index (χ2v) is 9.39.